The second-order valence-electron chi connectivity index (χ2n) is 4.90. The van der Waals surface area contributed by atoms with Crippen LogP contribution in [0.1, 0.15) is 43.5 Å². The normalized spacial score (nSPS) is 18.7. The monoisotopic (exact) mass is 264 g/mol. The molecule has 1 fully saturated rings. The lowest BCUT2D eigenvalue weighted by Crippen LogP contribution is -2.35. The van der Waals surface area contributed by atoms with Crippen molar-refractivity contribution in [2.45, 2.75) is 39.2 Å². The fourth-order valence-corrected chi connectivity index (χ4v) is 2.74. The topological polar surface area (TPSA) is 32.3 Å². The average molecular weight is 264 g/mol. The quantitative estimate of drug-likeness (QED) is 0.905. The third-order valence-electron chi connectivity index (χ3n) is 3.71. The van der Waals surface area contributed by atoms with Gasteiger partial charge in [-0.15, -0.1) is 0 Å². The standard InChI is InChI=1S/C15H21FN2O/c1-3-11-7-6-10-18(11)15(19)12-8-5-9-13(16)14(12)17-4-2/h5,8-9,11,17H,3-4,6-7,10H2,1-2H3. The number of likely N-dealkylation sites (tertiary alicyclic amines) is 1. The highest BCUT2D eigenvalue weighted by atomic mass is 19.1. The van der Waals surface area contributed by atoms with Gasteiger partial charge in [0.1, 0.15) is 5.82 Å². The molecule has 1 unspecified atom stereocenters. The van der Waals surface area contributed by atoms with Crippen molar-refractivity contribution in [3.05, 3.63) is 29.6 Å². The first-order chi connectivity index (χ1) is 9.19. The zero-order valence-electron chi connectivity index (χ0n) is 11.6. The molecule has 1 saturated heterocycles. The summed E-state index contributed by atoms with van der Waals surface area (Å²) in [4.78, 5) is 14.5. The summed E-state index contributed by atoms with van der Waals surface area (Å²) in [6, 6.07) is 4.98. The van der Waals surface area contributed by atoms with Crippen LogP contribution in [0.25, 0.3) is 0 Å². The van der Waals surface area contributed by atoms with Gasteiger partial charge in [-0.3, -0.25) is 4.79 Å². The Morgan fingerprint density at radius 3 is 2.95 bits per heavy atom. The third-order valence-corrected chi connectivity index (χ3v) is 3.71. The maximum absolute atomic E-state index is 13.8. The fourth-order valence-electron chi connectivity index (χ4n) is 2.74. The van der Waals surface area contributed by atoms with Gasteiger partial charge in [0.05, 0.1) is 11.3 Å². The number of hydrogen-bond acceptors (Lipinski definition) is 2. The number of nitrogens with one attached hydrogen (secondary N) is 1. The second-order valence-corrected chi connectivity index (χ2v) is 4.90. The fraction of sp³-hybridized carbons (Fsp3) is 0.533. The van der Waals surface area contributed by atoms with Crippen LogP contribution >= 0.6 is 0 Å². The molecule has 1 N–H and O–H groups in total. The summed E-state index contributed by atoms with van der Waals surface area (Å²) in [6.45, 7) is 5.36. The Morgan fingerprint density at radius 2 is 2.26 bits per heavy atom. The molecule has 1 aliphatic heterocycles. The van der Waals surface area contributed by atoms with Gasteiger partial charge < -0.3 is 10.2 Å². The third kappa shape index (κ3) is 2.72. The van der Waals surface area contributed by atoms with Gasteiger partial charge in [0.25, 0.3) is 5.91 Å². The van der Waals surface area contributed by atoms with Crippen LogP contribution in [0, 0.1) is 5.82 Å². The summed E-state index contributed by atoms with van der Waals surface area (Å²) in [5, 5.41) is 2.96. The minimum Gasteiger partial charge on any atom is -0.382 e. The molecule has 0 spiro atoms. The number of carbonyl (C=O) groups is 1. The van der Waals surface area contributed by atoms with Gasteiger partial charge in [0.15, 0.2) is 0 Å². The molecule has 104 valence electrons. The van der Waals surface area contributed by atoms with Crippen molar-refractivity contribution in [2.24, 2.45) is 0 Å². The molecule has 4 heteroatoms. The molecule has 19 heavy (non-hydrogen) atoms. The van der Waals surface area contributed by atoms with E-state index in [0.717, 1.165) is 25.8 Å². The van der Waals surface area contributed by atoms with Gasteiger partial charge >= 0.3 is 0 Å². The molecule has 0 bridgehead atoms. The van der Waals surface area contributed by atoms with Crippen LogP contribution in [-0.4, -0.2) is 29.9 Å². The Labute approximate surface area is 113 Å². The number of anilines is 1. The van der Waals surface area contributed by atoms with Crippen LogP contribution in [0.3, 0.4) is 0 Å². The van der Waals surface area contributed by atoms with Crippen molar-refractivity contribution >= 4 is 11.6 Å². The van der Waals surface area contributed by atoms with E-state index in [1.807, 2.05) is 11.8 Å². The van der Waals surface area contributed by atoms with Crippen LogP contribution in [0.2, 0.25) is 0 Å². The molecule has 2 rings (SSSR count). The first-order valence-corrected chi connectivity index (χ1v) is 7.02. The molecular formula is C15H21FN2O. The zero-order valence-corrected chi connectivity index (χ0v) is 11.6. The van der Waals surface area contributed by atoms with E-state index in [9.17, 15) is 9.18 Å². The number of halogens is 1. The highest BCUT2D eigenvalue weighted by Gasteiger charge is 2.29. The van der Waals surface area contributed by atoms with Crippen molar-refractivity contribution in [1.29, 1.82) is 0 Å². The molecule has 3 nitrogen and oxygen atoms in total. The second kappa shape index (κ2) is 6.04. The van der Waals surface area contributed by atoms with E-state index in [0.29, 0.717) is 23.8 Å². The number of amides is 1. The lowest BCUT2D eigenvalue weighted by Gasteiger charge is -2.25. The number of hydrogen-bond donors (Lipinski definition) is 1. The highest BCUT2D eigenvalue weighted by Crippen LogP contribution is 2.26. The molecule has 0 saturated carbocycles. The molecule has 1 aromatic carbocycles. The van der Waals surface area contributed by atoms with Crippen LogP contribution < -0.4 is 5.32 Å². The van der Waals surface area contributed by atoms with Crippen LogP contribution in [0.5, 0.6) is 0 Å². The largest absolute Gasteiger partial charge is 0.382 e. The number of carbonyl (C=O) groups excluding carboxylic acids is 1. The Balaban J connectivity index is 2.30. The van der Waals surface area contributed by atoms with E-state index in [-0.39, 0.29) is 11.7 Å². The van der Waals surface area contributed by atoms with Gasteiger partial charge in [-0.1, -0.05) is 13.0 Å². The summed E-state index contributed by atoms with van der Waals surface area (Å²) < 4.78 is 13.8. The van der Waals surface area contributed by atoms with Crippen molar-refractivity contribution in [3.8, 4) is 0 Å². The van der Waals surface area contributed by atoms with E-state index < -0.39 is 0 Å². The Morgan fingerprint density at radius 1 is 1.47 bits per heavy atom. The van der Waals surface area contributed by atoms with Gasteiger partial charge in [-0.2, -0.15) is 0 Å². The predicted molar refractivity (Wildman–Crippen MR) is 74.9 cm³/mol. The molecule has 1 aromatic rings. The van der Waals surface area contributed by atoms with Crippen molar-refractivity contribution in [2.75, 3.05) is 18.4 Å². The molecular weight excluding hydrogens is 243 g/mol. The average Bonchev–Trinajstić information content (AvgIpc) is 2.89. The van der Waals surface area contributed by atoms with Gasteiger partial charge in [-0.25, -0.2) is 4.39 Å². The Hall–Kier alpha value is -1.58. The predicted octanol–water partition coefficient (Wildman–Crippen LogP) is 3.27. The maximum atomic E-state index is 13.8. The number of para-hydroxylation sites is 1. The Bertz CT molecular complexity index is 461. The maximum Gasteiger partial charge on any atom is 0.256 e. The van der Waals surface area contributed by atoms with Crippen molar-refractivity contribution < 1.29 is 9.18 Å². The van der Waals surface area contributed by atoms with Crippen LogP contribution in [0.15, 0.2) is 18.2 Å². The molecule has 0 aliphatic carbocycles. The molecule has 1 atom stereocenters. The van der Waals surface area contributed by atoms with Crippen LogP contribution in [-0.2, 0) is 0 Å². The molecule has 1 aliphatic rings. The smallest absolute Gasteiger partial charge is 0.256 e. The van der Waals surface area contributed by atoms with E-state index in [1.165, 1.54) is 6.07 Å². The number of nitrogens with zero attached hydrogens (tertiary/aromatic N) is 1. The summed E-state index contributed by atoms with van der Waals surface area (Å²) in [7, 11) is 0. The lowest BCUT2D eigenvalue weighted by atomic mass is 10.1. The van der Waals surface area contributed by atoms with E-state index in [1.54, 1.807) is 12.1 Å². The van der Waals surface area contributed by atoms with Gasteiger partial charge in [-0.05, 0) is 38.3 Å². The highest BCUT2D eigenvalue weighted by molar-refractivity contribution is 6.00. The molecule has 0 radical (unpaired) electrons. The summed E-state index contributed by atoms with van der Waals surface area (Å²) in [6.07, 6.45) is 3.04. The summed E-state index contributed by atoms with van der Waals surface area (Å²) in [5.74, 6) is -0.417. The minimum absolute atomic E-state index is 0.0557. The van der Waals surface area contributed by atoms with Crippen molar-refractivity contribution in [3.63, 3.8) is 0 Å². The SMILES string of the molecule is CCNc1c(F)cccc1C(=O)N1CCCC1CC. The van der Waals surface area contributed by atoms with Crippen LogP contribution in [0.4, 0.5) is 10.1 Å². The molecule has 0 aromatic heterocycles. The first-order valence-electron chi connectivity index (χ1n) is 7.02. The van der Waals surface area contributed by atoms with Gasteiger partial charge in [0, 0.05) is 19.1 Å². The van der Waals surface area contributed by atoms with E-state index >= 15 is 0 Å². The van der Waals surface area contributed by atoms with Crippen molar-refractivity contribution in [1.82, 2.24) is 4.90 Å². The lowest BCUT2D eigenvalue weighted by molar-refractivity contribution is 0.0734. The Kier molecular flexibility index (Phi) is 4.40. The minimum atomic E-state index is -0.361. The number of rotatable bonds is 4. The summed E-state index contributed by atoms with van der Waals surface area (Å²) >= 11 is 0. The summed E-state index contributed by atoms with van der Waals surface area (Å²) in [5.41, 5.74) is 0.777. The molecule has 1 heterocycles. The van der Waals surface area contributed by atoms with E-state index in [2.05, 4.69) is 12.2 Å². The van der Waals surface area contributed by atoms with E-state index in [4.69, 9.17) is 0 Å². The zero-order chi connectivity index (χ0) is 13.8. The molecule has 1 amide bonds. The van der Waals surface area contributed by atoms with Gasteiger partial charge in [0.2, 0.25) is 0 Å². The number of benzene rings is 1. The first kappa shape index (κ1) is 13.8.